The number of aryl methyl sites for hydroxylation is 2. The van der Waals surface area contributed by atoms with Gasteiger partial charge in [0.05, 0.1) is 15.1 Å². The van der Waals surface area contributed by atoms with Crippen molar-refractivity contribution in [3.05, 3.63) is 58.4 Å². The van der Waals surface area contributed by atoms with Crippen LogP contribution >= 0.6 is 11.3 Å². The first-order valence-corrected chi connectivity index (χ1v) is 13.4. The van der Waals surface area contributed by atoms with E-state index >= 15 is 0 Å². The second-order valence-electron chi connectivity index (χ2n) is 8.22. The van der Waals surface area contributed by atoms with Gasteiger partial charge in [0.15, 0.2) is 4.80 Å². The number of hydrogen-bond donors (Lipinski definition) is 0. The molecule has 0 radical (unpaired) electrons. The summed E-state index contributed by atoms with van der Waals surface area (Å²) in [6.45, 7) is 7.36. The van der Waals surface area contributed by atoms with Gasteiger partial charge >= 0.3 is 0 Å². The maximum Gasteiger partial charge on any atom is 0.279 e. The summed E-state index contributed by atoms with van der Waals surface area (Å²) in [5, 5.41) is 0. The highest BCUT2D eigenvalue weighted by Crippen LogP contribution is 2.27. The van der Waals surface area contributed by atoms with Gasteiger partial charge in [-0.05, 0) is 75.1 Å². The van der Waals surface area contributed by atoms with Crippen LogP contribution in [0.15, 0.2) is 52.4 Å². The zero-order valence-corrected chi connectivity index (χ0v) is 20.4. The molecule has 1 saturated heterocycles. The van der Waals surface area contributed by atoms with Gasteiger partial charge in [-0.3, -0.25) is 4.79 Å². The summed E-state index contributed by atoms with van der Waals surface area (Å²) in [6.07, 6.45) is 3.66. The molecule has 6 nitrogen and oxygen atoms in total. The number of sulfonamides is 1. The van der Waals surface area contributed by atoms with Crippen molar-refractivity contribution >= 4 is 37.5 Å². The lowest BCUT2D eigenvalue weighted by molar-refractivity contribution is 0.0997. The van der Waals surface area contributed by atoms with Crippen LogP contribution < -0.4 is 4.80 Å². The molecule has 4 rings (SSSR count). The monoisotopic (exact) mass is 471 g/mol. The van der Waals surface area contributed by atoms with Crippen molar-refractivity contribution in [2.75, 3.05) is 6.54 Å². The number of benzene rings is 2. The van der Waals surface area contributed by atoms with Crippen molar-refractivity contribution in [3.63, 3.8) is 0 Å². The Bertz CT molecular complexity index is 1300. The molecule has 3 aromatic rings. The second kappa shape index (κ2) is 9.29. The number of nitrogens with zero attached hydrogens (tertiary/aromatic N) is 3. The van der Waals surface area contributed by atoms with Crippen LogP contribution in [0.1, 0.15) is 55.5 Å². The summed E-state index contributed by atoms with van der Waals surface area (Å²) >= 11 is 1.49. The lowest BCUT2D eigenvalue weighted by atomic mass is 10.0. The quantitative estimate of drug-likeness (QED) is 0.540. The van der Waals surface area contributed by atoms with Gasteiger partial charge in [-0.15, -0.1) is 0 Å². The van der Waals surface area contributed by atoms with Gasteiger partial charge in [-0.1, -0.05) is 30.7 Å². The van der Waals surface area contributed by atoms with Crippen LogP contribution in [0.25, 0.3) is 10.2 Å². The van der Waals surface area contributed by atoms with Gasteiger partial charge in [0.25, 0.3) is 5.91 Å². The zero-order valence-electron chi connectivity index (χ0n) is 18.7. The average Bonchev–Trinajstić information content (AvgIpc) is 3.14. The number of fused-ring (bicyclic) bond motifs is 1. The number of hydrogen-bond acceptors (Lipinski definition) is 4. The Kier molecular flexibility index (Phi) is 6.65. The molecule has 0 saturated carbocycles. The van der Waals surface area contributed by atoms with Gasteiger partial charge < -0.3 is 4.57 Å². The van der Waals surface area contributed by atoms with E-state index in [0.29, 0.717) is 23.5 Å². The minimum absolute atomic E-state index is 0.0474. The lowest BCUT2D eigenvalue weighted by Crippen LogP contribution is -2.43. The summed E-state index contributed by atoms with van der Waals surface area (Å²) in [4.78, 5) is 18.1. The summed E-state index contributed by atoms with van der Waals surface area (Å²) in [6, 6.07) is 12.4. The first-order chi connectivity index (χ1) is 15.3. The molecular formula is C24H29N3O3S2. The minimum Gasteiger partial charge on any atom is -0.317 e. The van der Waals surface area contributed by atoms with E-state index < -0.39 is 10.0 Å². The third kappa shape index (κ3) is 4.31. The Balaban J connectivity index is 1.63. The number of amides is 1. The van der Waals surface area contributed by atoms with Crippen LogP contribution in [0.4, 0.5) is 0 Å². The van der Waals surface area contributed by atoms with Crippen LogP contribution in [0.3, 0.4) is 0 Å². The van der Waals surface area contributed by atoms with Gasteiger partial charge in [-0.2, -0.15) is 9.30 Å². The molecule has 8 heteroatoms. The maximum absolute atomic E-state index is 13.2. The molecule has 1 amide bonds. The number of rotatable bonds is 5. The van der Waals surface area contributed by atoms with Gasteiger partial charge in [0.1, 0.15) is 0 Å². The highest BCUT2D eigenvalue weighted by atomic mass is 32.2. The first kappa shape index (κ1) is 22.9. The molecule has 2 heterocycles. The molecule has 1 atom stereocenters. The third-order valence-corrected chi connectivity index (χ3v) is 9.11. The molecule has 1 fully saturated rings. The number of aromatic nitrogens is 1. The molecule has 1 aliphatic heterocycles. The summed E-state index contributed by atoms with van der Waals surface area (Å²) < 4.78 is 31.1. The number of piperidine rings is 1. The van der Waals surface area contributed by atoms with E-state index in [4.69, 9.17) is 0 Å². The molecule has 2 aromatic carbocycles. The average molecular weight is 472 g/mol. The van der Waals surface area contributed by atoms with Crippen LogP contribution in [0.5, 0.6) is 0 Å². The van der Waals surface area contributed by atoms with Crippen molar-refractivity contribution in [2.24, 2.45) is 4.99 Å². The molecular weight excluding hydrogens is 442 g/mol. The topological polar surface area (TPSA) is 71.7 Å². The van der Waals surface area contributed by atoms with Crippen molar-refractivity contribution < 1.29 is 13.2 Å². The lowest BCUT2D eigenvalue weighted by Gasteiger charge is -2.34. The Morgan fingerprint density at radius 2 is 1.88 bits per heavy atom. The van der Waals surface area contributed by atoms with Crippen molar-refractivity contribution in [1.29, 1.82) is 0 Å². The summed E-state index contributed by atoms with van der Waals surface area (Å²) in [5.74, 6) is -0.371. The maximum atomic E-state index is 13.2. The van der Waals surface area contributed by atoms with E-state index in [-0.39, 0.29) is 16.8 Å². The van der Waals surface area contributed by atoms with E-state index in [9.17, 15) is 13.2 Å². The SMILES string of the molecule is CCC1CCCCN1S(=O)(=O)c1ccc(C(=O)N=c2sc3cc(C)ccc3n2CC)cc1. The molecule has 0 aliphatic carbocycles. The molecule has 1 aliphatic rings. The zero-order chi connectivity index (χ0) is 22.9. The van der Waals surface area contributed by atoms with E-state index in [1.165, 1.54) is 23.5 Å². The molecule has 1 aromatic heterocycles. The fourth-order valence-corrected chi connectivity index (χ4v) is 7.28. The van der Waals surface area contributed by atoms with Crippen molar-refractivity contribution in [1.82, 2.24) is 8.87 Å². The van der Waals surface area contributed by atoms with Crippen molar-refractivity contribution in [2.45, 2.75) is 63.9 Å². The minimum atomic E-state index is -3.57. The van der Waals surface area contributed by atoms with E-state index in [2.05, 4.69) is 23.2 Å². The second-order valence-corrected chi connectivity index (χ2v) is 11.1. The van der Waals surface area contributed by atoms with Crippen LogP contribution in [-0.4, -0.2) is 35.8 Å². The molecule has 170 valence electrons. The Labute approximate surface area is 193 Å². The van der Waals surface area contributed by atoms with Crippen LogP contribution in [-0.2, 0) is 16.6 Å². The number of carbonyl (C=O) groups excluding carboxylic acids is 1. The summed E-state index contributed by atoms with van der Waals surface area (Å²) in [5.41, 5.74) is 2.60. The molecule has 1 unspecified atom stereocenters. The fourth-order valence-electron chi connectivity index (χ4n) is 4.33. The van der Waals surface area contributed by atoms with Gasteiger partial charge in [0.2, 0.25) is 10.0 Å². The van der Waals surface area contributed by atoms with Crippen LogP contribution in [0, 0.1) is 6.92 Å². The standard InChI is InChI=1S/C24H29N3O3S2/c1-4-19-8-6-7-15-27(19)32(29,30)20-12-10-18(11-13-20)23(28)25-24-26(5-2)21-14-9-17(3)16-22(21)31-24/h9-14,16,19H,4-8,15H2,1-3H3. The van der Waals surface area contributed by atoms with E-state index in [1.807, 2.05) is 25.3 Å². The predicted octanol–water partition coefficient (Wildman–Crippen LogP) is 4.73. The van der Waals surface area contributed by atoms with Gasteiger partial charge in [0, 0.05) is 24.7 Å². The Hall–Kier alpha value is -2.29. The highest BCUT2D eigenvalue weighted by molar-refractivity contribution is 7.89. The van der Waals surface area contributed by atoms with Crippen LogP contribution in [0.2, 0.25) is 0 Å². The van der Waals surface area contributed by atoms with E-state index in [1.54, 1.807) is 16.4 Å². The smallest absolute Gasteiger partial charge is 0.279 e. The Morgan fingerprint density at radius 1 is 1.12 bits per heavy atom. The highest BCUT2D eigenvalue weighted by Gasteiger charge is 2.32. The molecule has 32 heavy (non-hydrogen) atoms. The predicted molar refractivity (Wildman–Crippen MR) is 128 cm³/mol. The largest absolute Gasteiger partial charge is 0.317 e. The number of thiazole rings is 1. The first-order valence-electron chi connectivity index (χ1n) is 11.2. The summed E-state index contributed by atoms with van der Waals surface area (Å²) in [7, 11) is -3.57. The third-order valence-electron chi connectivity index (χ3n) is 6.10. The number of carbonyl (C=O) groups is 1. The van der Waals surface area contributed by atoms with E-state index in [0.717, 1.165) is 41.5 Å². The molecule has 0 N–H and O–H groups in total. The molecule has 0 bridgehead atoms. The van der Waals surface area contributed by atoms with Gasteiger partial charge in [-0.25, -0.2) is 8.42 Å². The normalized spacial score (nSPS) is 18.3. The van der Waals surface area contributed by atoms with Crippen molar-refractivity contribution in [3.8, 4) is 0 Å². The fraction of sp³-hybridized carbons (Fsp3) is 0.417. The molecule has 0 spiro atoms. The Morgan fingerprint density at radius 3 is 2.56 bits per heavy atom.